The highest BCUT2D eigenvalue weighted by atomic mass is 16.7. The number of aliphatic hydroxyl groups excluding tert-OH is 2. The van der Waals surface area contributed by atoms with Crippen LogP contribution in [0.15, 0.2) is 0 Å². The average Bonchev–Trinajstić information content (AvgIpc) is 2.41. The van der Waals surface area contributed by atoms with Crippen molar-refractivity contribution in [2.75, 3.05) is 39.6 Å². The van der Waals surface area contributed by atoms with Gasteiger partial charge in [0.15, 0.2) is 0 Å². The molecule has 0 saturated carbocycles. The van der Waals surface area contributed by atoms with Gasteiger partial charge in [0, 0.05) is 37.3 Å². The van der Waals surface area contributed by atoms with Gasteiger partial charge in [-0.3, -0.25) is 0 Å². The average molecular weight is 258 g/mol. The Morgan fingerprint density at radius 2 is 1.06 bits per heavy atom. The molecule has 102 valence electrons. The molecule has 2 saturated heterocycles. The van der Waals surface area contributed by atoms with Gasteiger partial charge in [-0.05, 0) is 0 Å². The van der Waals surface area contributed by atoms with Crippen molar-refractivity contribution >= 4 is 14.0 Å². The van der Waals surface area contributed by atoms with Crippen molar-refractivity contribution < 1.29 is 28.8 Å². The largest absolute Gasteiger partial charge is 0.488 e. The van der Waals surface area contributed by atoms with Crippen molar-refractivity contribution in [1.82, 2.24) is 0 Å². The summed E-state index contributed by atoms with van der Waals surface area (Å²) in [6.07, 6.45) is 0. The summed E-state index contributed by atoms with van der Waals surface area (Å²) in [7, 11) is -1.12. The van der Waals surface area contributed by atoms with Crippen LogP contribution < -0.4 is 0 Å². The van der Waals surface area contributed by atoms with E-state index < -0.39 is 14.0 Å². The van der Waals surface area contributed by atoms with E-state index in [1.807, 2.05) is 13.8 Å². The van der Waals surface area contributed by atoms with Crippen LogP contribution in [-0.2, 0) is 18.6 Å². The normalized spacial score (nSPS) is 27.3. The minimum Gasteiger partial charge on any atom is -0.412 e. The lowest BCUT2D eigenvalue weighted by Gasteiger charge is -2.39. The molecular weight excluding hydrogens is 238 g/mol. The molecule has 0 aromatic carbocycles. The highest BCUT2D eigenvalue weighted by Crippen LogP contribution is 2.27. The third kappa shape index (κ3) is 3.07. The summed E-state index contributed by atoms with van der Waals surface area (Å²) >= 11 is 0. The van der Waals surface area contributed by atoms with E-state index in [-0.39, 0.29) is 24.0 Å². The third-order valence-corrected chi connectivity index (χ3v) is 3.37. The fourth-order valence-electron chi connectivity index (χ4n) is 1.81. The number of hydrogen-bond acceptors (Lipinski definition) is 6. The second-order valence-electron chi connectivity index (χ2n) is 5.92. The van der Waals surface area contributed by atoms with E-state index in [2.05, 4.69) is 0 Å². The maximum atomic E-state index is 9.20. The molecule has 2 rings (SSSR count). The molecule has 0 aromatic rings. The summed E-state index contributed by atoms with van der Waals surface area (Å²) < 4.78 is 22.1. The van der Waals surface area contributed by atoms with E-state index in [0.29, 0.717) is 26.4 Å². The standard InChI is InChI=1S/C10H20B2O6/c1-9(3-13)5-15-11(16-6-9)12-17-7-10(2,4-14)8-18-12/h13-14H,3-8H2,1-2H3. The van der Waals surface area contributed by atoms with Crippen LogP contribution in [-0.4, -0.2) is 63.9 Å². The summed E-state index contributed by atoms with van der Waals surface area (Å²) in [5.41, 5.74) is -0.713. The molecule has 0 atom stereocenters. The molecule has 2 fully saturated rings. The van der Waals surface area contributed by atoms with Crippen molar-refractivity contribution in [2.24, 2.45) is 10.8 Å². The zero-order chi connectivity index (χ0) is 13.2. The Hall–Kier alpha value is -0.110. The molecule has 8 heteroatoms. The highest BCUT2D eigenvalue weighted by molar-refractivity contribution is 7.10. The van der Waals surface area contributed by atoms with Crippen LogP contribution in [0.5, 0.6) is 0 Å². The van der Waals surface area contributed by atoms with Crippen LogP contribution in [0, 0.1) is 10.8 Å². The lowest BCUT2D eigenvalue weighted by molar-refractivity contribution is -0.0355. The van der Waals surface area contributed by atoms with E-state index >= 15 is 0 Å². The van der Waals surface area contributed by atoms with Gasteiger partial charge in [-0.1, -0.05) is 13.8 Å². The molecule has 0 radical (unpaired) electrons. The van der Waals surface area contributed by atoms with Gasteiger partial charge in [-0.25, -0.2) is 0 Å². The van der Waals surface area contributed by atoms with Crippen LogP contribution in [0.2, 0.25) is 0 Å². The third-order valence-electron chi connectivity index (χ3n) is 3.37. The summed E-state index contributed by atoms with van der Waals surface area (Å²) in [5, 5.41) is 18.4. The fourth-order valence-corrected chi connectivity index (χ4v) is 1.81. The Labute approximate surface area is 108 Å². The quantitative estimate of drug-likeness (QED) is 0.641. The molecular formula is C10H20B2O6. The Bertz CT molecular complexity index is 246. The number of rotatable bonds is 3. The zero-order valence-corrected chi connectivity index (χ0v) is 10.9. The topological polar surface area (TPSA) is 77.4 Å². The first kappa shape index (κ1) is 14.3. The van der Waals surface area contributed by atoms with Gasteiger partial charge in [-0.15, -0.1) is 0 Å². The lowest BCUT2D eigenvalue weighted by atomic mass is 9.47. The van der Waals surface area contributed by atoms with Gasteiger partial charge in [0.2, 0.25) is 0 Å². The van der Waals surface area contributed by atoms with Crippen LogP contribution in [0.3, 0.4) is 0 Å². The van der Waals surface area contributed by atoms with E-state index in [1.165, 1.54) is 0 Å². The van der Waals surface area contributed by atoms with E-state index in [9.17, 15) is 10.2 Å². The molecule has 0 unspecified atom stereocenters. The minimum absolute atomic E-state index is 0.0225. The maximum absolute atomic E-state index is 9.20. The zero-order valence-electron chi connectivity index (χ0n) is 10.9. The van der Waals surface area contributed by atoms with E-state index in [0.717, 1.165) is 0 Å². The number of aliphatic hydroxyl groups is 2. The van der Waals surface area contributed by atoms with Gasteiger partial charge in [0.1, 0.15) is 0 Å². The molecule has 0 aliphatic carbocycles. The van der Waals surface area contributed by atoms with Crippen molar-refractivity contribution in [3.8, 4) is 0 Å². The predicted molar refractivity (Wildman–Crippen MR) is 65.7 cm³/mol. The van der Waals surface area contributed by atoms with Crippen LogP contribution in [0.25, 0.3) is 0 Å². The first-order valence-electron chi connectivity index (χ1n) is 6.18. The Morgan fingerprint density at radius 1 is 0.778 bits per heavy atom. The van der Waals surface area contributed by atoms with Crippen molar-refractivity contribution in [3.05, 3.63) is 0 Å². The highest BCUT2D eigenvalue weighted by Gasteiger charge is 2.49. The Kier molecular flexibility index (Phi) is 4.36. The molecule has 0 spiro atoms. The van der Waals surface area contributed by atoms with Gasteiger partial charge >= 0.3 is 14.0 Å². The molecule has 2 N–H and O–H groups in total. The van der Waals surface area contributed by atoms with Crippen LogP contribution in [0.4, 0.5) is 0 Å². The van der Waals surface area contributed by atoms with Gasteiger partial charge in [-0.2, -0.15) is 0 Å². The Morgan fingerprint density at radius 3 is 1.28 bits per heavy atom. The molecule has 0 aromatic heterocycles. The smallest absolute Gasteiger partial charge is 0.412 e. The minimum atomic E-state index is -0.562. The summed E-state index contributed by atoms with van der Waals surface area (Å²) in [6, 6.07) is 0. The van der Waals surface area contributed by atoms with Gasteiger partial charge < -0.3 is 28.8 Å². The lowest BCUT2D eigenvalue weighted by Crippen LogP contribution is -2.58. The van der Waals surface area contributed by atoms with Gasteiger partial charge in [0.05, 0.1) is 13.2 Å². The first-order chi connectivity index (χ1) is 8.50. The summed E-state index contributed by atoms with van der Waals surface area (Å²) in [6.45, 7) is 5.49. The maximum Gasteiger partial charge on any atom is 0.488 e. The second-order valence-corrected chi connectivity index (χ2v) is 5.92. The monoisotopic (exact) mass is 258 g/mol. The molecule has 6 nitrogen and oxygen atoms in total. The fraction of sp³-hybridized carbons (Fsp3) is 1.00. The molecule has 2 aliphatic heterocycles. The molecule has 2 heterocycles. The number of hydrogen-bond donors (Lipinski definition) is 2. The predicted octanol–water partition coefficient (Wildman–Crippen LogP) is -0.868. The first-order valence-corrected chi connectivity index (χ1v) is 6.18. The molecule has 18 heavy (non-hydrogen) atoms. The van der Waals surface area contributed by atoms with Crippen molar-refractivity contribution in [1.29, 1.82) is 0 Å². The van der Waals surface area contributed by atoms with E-state index in [4.69, 9.17) is 18.6 Å². The van der Waals surface area contributed by atoms with Crippen LogP contribution >= 0.6 is 0 Å². The SMILES string of the molecule is CC1(CO)COB(B2OCC(C)(CO)CO2)OC1. The summed E-state index contributed by atoms with van der Waals surface area (Å²) in [4.78, 5) is 0. The van der Waals surface area contributed by atoms with E-state index in [1.54, 1.807) is 0 Å². The van der Waals surface area contributed by atoms with Gasteiger partial charge in [0.25, 0.3) is 0 Å². The van der Waals surface area contributed by atoms with Crippen molar-refractivity contribution in [2.45, 2.75) is 13.8 Å². The van der Waals surface area contributed by atoms with Crippen molar-refractivity contribution in [3.63, 3.8) is 0 Å². The Balaban J connectivity index is 1.82. The second kappa shape index (κ2) is 5.48. The van der Waals surface area contributed by atoms with Crippen LogP contribution in [0.1, 0.15) is 13.8 Å². The molecule has 2 aliphatic rings. The molecule has 0 bridgehead atoms. The summed E-state index contributed by atoms with van der Waals surface area (Å²) in [5.74, 6) is 0. The molecule has 0 amide bonds.